The molecule has 2 N–H and O–H groups in total. The van der Waals surface area contributed by atoms with Gasteiger partial charge < -0.3 is 10.6 Å². The van der Waals surface area contributed by atoms with Crippen molar-refractivity contribution in [3.05, 3.63) is 0 Å². The summed E-state index contributed by atoms with van der Waals surface area (Å²) >= 11 is 0. The predicted molar refractivity (Wildman–Crippen MR) is 66.9 cm³/mol. The van der Waals surface area contributed by atoms with Gasteiger partial charge in [0.05, 0.1) is 0 Å². The molecule has 4 heteroatoms. The first kappa shape index (κ1) is 11.1. The van der Waals surface area contributed by atoms with Gasteiger partial charge in [-0.2, -0.15) is 4.99 Å². The maximum atomic E-state index is 12.0. The highest BCUT2D eigenvalue weighted by molar-refractivity contribution is 6.06. The van der Waals surface area contributed by atoms with Crippen LogP contribution in [0.4, 0.5) is 4.79 Å². The fraction of sp³-hybridized carbons (Fsp3) is 0.846. The van der Waals surface area contributed by atoms with E-state index in [4.69, 9.17) is 5.73 Å². The molecule has 0 spiro atoms. The fourth-order valence-electron chi connectivity index (χ4n) is 3.53. The van der Waals surface area contributed by atoms with Crippen LogP contribution in [0.15, 0.2) is 4.99 Å². The monoisotopic (exact) mass is 235 g/mol. The van der Waals surface area contributed by atoms with Gasteiger partial charge in [0.15, 0.2) is 0 Å². The van der Waals surface area contributed by atoms with Crippen LogP contribution in [-0.2, 0) is 0 Å². The summed E-state index contributed by atoms with van der Waals surface area (Å²) < 4.78 is 0. The molecule has 17 heavy (non-hydrogen) atoms. The van der Waals surface area contributed by atoms with Crippen LogP contribution in [0.1, 0.15) is 51.9 Å². The number of nitrogens with zero attached hydrogens (tertiary/aromatic N) is 2. The molecule has 4 nitrogen and oxygen atoms in total. The van der Waals surface area contributed by atoms with E-state index in [1.165, 1.54) is 32.1 Å². The minimum atomic E-state index is -0.293. The molecule has 1 aliphatic heterocycles. The van der Waals surface area contributed by atoms with E-state index >= 15 is 0 Å². The topological polar surface area (TPSA) is 58.7 Å². The number of rotatable bonds is 2. The van der Waals surface area contributed by atoms with Crippen LogP contribution in [0, 0.1) is 5.92 Å². The zero-order valence-corrected chi connectivity index (χ0v) is 10.5. The molecule has 0 aromatic heterocycles. The molecule has 1 atom stereocenters. The molecule has 0 saturated heterocycles. The van der Waals surface area contributed by atoms with E-state index in [0.29, 0.717) is 17.8 Å². The molecule has 2 amide bonds. The lowest BCUT2D eigenvalue weighted by Gasteiger charge is -2.43. The number of hydrogen-bond donors (Lipinski definition) is 1. The molecule has 2 saturated carbocycles. The summed E-state index contributed by atoms with van der Waals surface area (Å²) in [4.78, 5) is 18.0. The van der Waals surface area contributed by atoms with Gasteiger partial charge in [0, 0.05) is 6.04 Å². The van der Waals surface area contributed by atoms with E-state index in [-0.39, 0.29) is 11.6 Å². The van der Waals surface area contributed by atoms with E-state index in [0.717, 1.165) is 12.8 Å². The average Bonchev–Trinajstić information content (AvgIpc) is 3.11. The number of carbonyl (C=O) groups is 1. The van der Waals surface area contributed by atoms with Crippen molar-refractivity contribution in [1.82, 2.24) is 4.90 Å². The summed E-state index contributed by atoms with van der Waals surface area (Å²) in [5.41, 5.74) is 5.78. The lowest BCUT2D eigenvalue weighted by Crippen LogP contribution is -2.58. The molecular formula is C13H21N3O. The summed E-state index contributed by atoms with van der Waals surface area (Å²) in [5.74, 6) is 1.06. The molecule has 1 unspecified atom stereocenters. The SMILES string of the molecule is CC1(C2CCCCC2)C(N)=NC(=O)N1C1CC1. The van der Waals surface area contributed by atoms with Gasteiger partial charge in [-0.05, 0) is 38.5 Å². The lowest BCUT2D eigenvalue weighted by atomic mass is 9.74. The molecule has 0 radical (unpaired) electrons. The van der Waals surface area contributed by atoms with Crippen molar-refractivity contribution < 1.29 is 4.79 Å². The van der Waals surface area contributed by atoms with Crippen molar-refractivity contribution in [1.29, 1.82) is 0 Å². The van der Waals surface area contributed by atoms with E-state index in [1.54, 1.807) is 0 Å². The Kier molecular flexibility index (Phi) is 2.42. The Morgan fingerprint density at radius 1 is 1.24 bits per heavy atom. The van der Waals surface area contributed by atoms with Crippen LogP contribution in [0.3, 0.4) is 0 Å². The minimum Gasteiger partial charge on any atom is -0.385 e. The van der Waals surface area contributed by atoms with Gasteiger partial charge >= 0.3 is 6.03 Å². The zero-order chi connectivity index (χ0) is 12.0. The van der Waals surface area contributed by atoms with Crippen molar-refractivity contribution in [2.24, 2.45) is 16.6 Å². The van der Waals surface area contributed by atoms with Gasteiger partial charge in [-0.3, -0.25) is 0 Å². The third-order valence-electron chi connectivity index (χ3n) is 4.75. The van der Waals surface area contributed by atoms with E-state index in [2.05, 4.69) is 11.9 Å². The third kappa shape index (κ3) is 1.57. The number of nitrogens with two attached hydrogens (primary N) is 1. The number of urea groups is 1. The third-order valence-corrected chi connectivity index (χ3v) is 4.75. The molecule has 3 rings (SSSR count). The van der Waals surface area contributed by atoms with Crippen LogP contribution < -0.4 is 5.73 Å². The Labute approximate surface area is 102 Å². The van der Waals surface area contributed by atoms with E-state index in [1.807, 2.05) is 4.90 Å². The molecule has 2 aliphatic carbocycles. The number of hydrogen-bond acceptors (Lipinski definition) is 2. The summed E-state index contributed by atoms with van der Waals surface area (Å²) in [6.07, 6.45) is 8.46. The Morgan fingerprint density at radius 3 is 2.47 bits per heavy atom. The molecule has 0 bridgehead atoms. The first-order valence-corrected chi connectivity index (χ1v) is 6.82. The Bertz CT molecular complexity index is 369. The van der Waals surface area contributed by atoms with E-state index < -0.39 is 0 Å². The molecule has 0 aromatic carbocycles. The normalized spacial score (nSPS) is 35.2. The standard InChI is InChI=1S/C13H21N3O/c1-13(9-5-3-2-4-6-9)11(14)15-12(17)16(13)10-7-8-10/h9-10H,2-8H2,1H3,(H2,14,15,17). The molecule has 1 heterocycles. The Balaban J connectivity index is 1.90. The average molecular weight is 235 g/mol. The smallest absolute Gasteiger partial charge is 0.346 e. The van der Waals surface area contributed by atoms with Crippen LogP contribution in [0.2, 0.25) is 0 Å². The van der Waals surface area contributed by atoms with Gasteiger partial charge in [-0.15, -0.1) is 0 Å². The highest BCUT2D eigenvalue weighted by Gasteiger charge is 2.54. The summed E-state index contributed by atoms with van der Waals surface area (Å²) in [6.45, 7) is 2.13. The van der Waals surface area contributed by atoms with Crippen molar-refractivity contribution in [3.8, 4) is 0 Å². The number of amidine groups is 1. The van der Waals surface area contributed by atoms with Crippen molar-refractivity contribution in [2.45, 2.75) is 63.5 Å². The molecular weight excluding hydrogens is 214 g/mol. The van der Waals surface area contributed by atoms with Crippen molar-refractivity contribution >= 4 is 11.9 Å². The number of aliphatic imine (C=N–C) groups is 1. The second-order valence-corrected chi connectivity index (χ2v) is 5.86. The highest BCUT2D eigenvalue weighted by Crippen LogP contribution is 2.44. The minimum absolute atomic E-state index is 0.0990. The highest BCUT2D eigenvalue weighted by atomic mass is 16.2. The molecule has 0 aromatic rings. The second kappa shape index (κ2) is 3.72. The van der Waals surface area contributed by atoms with Gasteiger partial charge in [0.2, 0.25) is 0 Å². The van der Waals surface area contributed by atoms with Gasteiger partial charge in [-0.25, -0.2) is 4.79 Å². The summed E-state index contributed by atoms with van der Waals surface area (Å²) in [5, 5.41) is 0. The summed E-state index contributed by atoms with van der Waals surface area (Å²) in [6, 6.07) is 0.303. The van der Waals surface area contributed by atoms with Gasteiger partial charge in [-0.1, -0.05) is 19.3 Å². The summed E-state index contributed by atoms with van der Waals surface area (Å²) in [7, 11) is 0. The van der Waals surface area contributed by atoms with Crippen LogP contribution in [0.5, 0.6) is 0 Å². The molecule has 94 valence electrons. The Morgan fingerprint density at radius 2 is 1.88 bits per heavy atom. The first-order valence-electron chi connectivity index (χ1n) is 6.82. The Hall–Kier alpha value is -1.06. The maximum Gasteiger partial charge on any atom is 0.346 e. The maximum absolute atomic E-state index is 12.0. The zero-order valence-electron chi connectivity index (χ0n) is 10.5. The second-order valence-electron chi connectivity index (χ2n) is 5.86. The fourth-order valence-corrected chi connectivity index (χ4v) is 3.53. The lowest BCUT2D eigenvalue weighted by molar-refractivity contribution is 0.114. The van der Waals surface area contributed by atoms with Crippen LogP contribution in [-0.4, -0.2) is 28.3 Å². The number of carbonyl (C=O) groups excluding carboxylic acids is 1. The number of amides is 2. The van der Waals surface area contributed by atoms with Crippen molar-refractivity contribution in [3.63, 3.8) is 0 Å². The van der Waals surface area contributed by atoms with Gasteiger partial charge in [0.1, 0.15) is 11.4 Å². The quantitative estimate of drug-likeness (QED) is 0.798. The van der Waals surface area contributed by atoms with Crippen LogP contribution >= 0.6 is 0 Å². The predicted octanol–water partition coefficient (Wildman–Crippen LogP) is 2.28. The van der Waals surface area contributed by atoms with Gasteiger partial charge in [0.25, 0.3) is 0 Å². The largest absolute Gasteiger partial charge is 0.385 e. The van der Waals surface area contributed by atoms with E-state index in [9.17, 15) is 4.79 Å². The molecule has 2 fully saturated rings. The van der Waals surface area contributed by atoms with Crippen molar-refractivity contribution in [2.75, 3.05) is 0 Å². The van der Waals surface area contributed by atoms with Crippen LogP contribution in [0.25, 0.3) is 0 Å². The first-order chi connectivity index (χ1) is 8.14. The molecule has 3 aliphatic rings.